The van der Waals surface area contributed by atoms with Gasteiger partial charge >= 0.3 is 0 Å². The minimum absolute atomic E-state index is 0.0623. The van der Waals surface area contributed by atoms with E-state index in [2.05, 4.69) is 15.7 Å². The maximum atomic E-state index is 13.1. The third-order valence-electron chi connectivity index (χ3n) is 5.63. The van der Waals surface area contributed by atoms with Gasteiger partial charge in [-0.3, -0.25) is 9.59 Å². The van der Waals surface area contributed by atoms with E-state index < -0.39 is 5.60 Å². The Bertz CT molecular complexity index is 1070. The molecule has 9 nitrogen and oxygen atoms in total. The number of aromatic nitrogens is 2. The highest BCUT2D eigenvalue weighted by molar-refractivity contribution is 6.10. The van der Waals surface area contributed by atoms with Crippen LogP contribution in [0.2, 0.25) is 0 Å². The molecule has 2 amide bonds. The second-order valence-electron chi connectivity index (χ2n) is 8.64. The SMILES string of the molecule is CNc1cc2c(cc1NC(=O)c1cnn3c1N(C)CC=C3)CN(CCC(C)(C)O)C2=O. The molecule has 1 aromatic heterocycles. The third-order valence-corrected chi connectivity index (χ3v) is 5.63. The van der Waals surface area contributed by atoms with Gasteiger partial charge in [-0.1, -0.05) is 0 Å². The lowest BCUT2D eigenvalue weighted by molar-refractivity contribution is 0.0517. The molecule has 0 spiro atoms. The Labute approximate surface area is 181 Å². The van der Waals surface area contributed by atoms with E-state index in [-0.39, 0.29) is 11.8 Å². The molecule has 0 saturated carbocycles. The lowest BCUT2D eigenvalue weighted by Crippen LogP contribution is -2.31. The van der Waals surface area contributed by atoms with E-state index in [1.807, 2.05) is 30.3 Å². The number of hydrogen-bond acceptors (Lipinski definition) is 6. The van der Waals surface area contributed by atoms with Crippen LogP contribution in [0, 0.1) is 0 Å². The van der Waals surface area contributed by atoms with Crippen molar-refractivity contribution >= 4 is 35.2 Å². The molecular formula is C22H28N6O3. The van der Waals surface area contributed by atoms with Crippen molar-refractivity contribution in [2.75, 3.05) is 42.7 Å². The van der Waals surface area contributed by atoms with Crippen molar-refractivity contribution in [2.45, 2.75) is 32.4 Å². The molecule has 0 saturated heterocycles. The monoisotopic (exact) mass is 424 g/mol. The second-order valence-corrected chi connectivity index (χ2v) is 8.64. The zero-order chi connectivity index (χ0) is 22.3. The zero-order valence-electron chi connectivity index (χ0n) is 18.3. The van der Waals surface area contributed by atoms with Crippen LogP contribution in [0.3, 0.4) is 0 Å². The number of hydrogen-bond donors (Lipinski definition) is 3. The Morgan fingerprint density at radius 3 is 2.77 bits per heavy atom. The van der Waals surface area contributed by atoms with Gasteiger partial charge in [0.2, 0.25) is 0 Å². The largest absolute Gasteiger partial charge is 0.390 e. The smallest absolute Gasteiger partial charge is 0.261 e. The topological polar surface area (TPSA) is 103 Å². The summed E-state index contributed by atoms with van der Waals surface area (Å²) >= 11 is 0. The van der Waals surface area contributed by atoms with Crippen molar-refractivity contribution in [1.82, 2.24) is 14.7 Å². The Kier molecular flexibility index (Phi) is 5.22. The molecular weight excluding hydrogens is 396 g/mol. The van der Waals surface area contributed by atoms with Crippen LogP contribution in [0.4, 0.5) is 17.2 Å². The van der Waals surface area contributed by atoms with Crippen LogP contribution >= 0.6 is 0 Å². The lowest BCUT2D eigenvalue weighted by Gasteiger charge is -2.22. The summed E-state index contributed by atoms with van der Waals surface area (Å²) in [6.07, 6.45) is 5.87. The zero-order valence-corrected chi connectivity index (χ0v) is 18.3. The normalized spacial score (nSPS) is 15.2. The van der Waals surface area contributed by atoms with Gasteiger partial charge in [-0.15, -0.1) is 0 Å². The molecule has 0 unspecified atom stereocenters. The van der Waals surface area contributed by atoms with Gasteiger partial charge in [0.25, 0.3) is 11.8 Å². The number of rotatable bonds is 6. The molecule has 0 bridgehead atoms. The number of benzene rings is 1. The summed E-state index contributed by atoms with van der Waals surface area (Å²) in [5, 5.41) is 20.3. The van der Waals surface area contributed by atoms with Gasteiger partial charge in [-0.2, -0.15) is 5.10 Å². The van der Waals surface area contributed by atoms with Crippen LogP contribution < -0.4 is 15.5 Å². The van der Waals surface area contributed by atoms with Crippen LogP contribution in [0.5, 0.6) is 0 Å². The van der Waals surface area contributed by atoms with E-state index >= 15 is 0 Å². The number of likely N-dealkylation sites (N-methyl/N-ethyl adjacent to an activating group) is 1. The molecule has 0 aliphatic carbocycles. The summed E-state index contributed by atoms with van der Waals surface area (Å²) in [7, 11) is 3.67. The molecule has 3 N–H and O–H groups in total. The first kappa shape index (κ1) is 20.9. The number of carbonyl (C=O) groups is 2. The van der Waals surface area contributed by atoms with Crippen LogP contribution in [-0.4, -0.2) is 64.4 Å². The number of fused-ring (bicyclic) bond motifs is 2. The van der Waals surface area contributed by atoms with Gasteiger partial charge in [0, 0.05) is 45.5 Å². The minimum atomic E-state index is -0.836. The van der Waals surface area contributed by atoms with E-state index in [9.17, 15) is 14.7 Å². The van der Waals surface area contributed by atoms with E-state index in [0.29, 0.717) is 48.6 Å². The highest BCUT2D eigenvalue weighted by Crippen LogP contribution is 2.33. The molecule has 9 heteroatoms. The van der Waals surface area contributed by atoms with E-state index in [0.717, 1.165) is 11.4 Å². The summed E-state index contributed by atoms with van der Waals surface area (Å²) in [5.74, 6) is 0.413. The molecule has 1 aromatic carbocycles. The average Bonchev–Trinajstić information content (AvgIpc) is 3.27. The predicted octanol–water partition coefficient (Wildman–Crippen LogP) is 2.21. The summed E-state index contributed by atoms with van der Waals surface area (Å²) in [6.45, 7) is 5.09. The van der Waals surface area contributed by atoms with Crippen molar-refractivity contribution in [3.05, 3.63) is 41.1 Å². The summed E-state index contributed by atoms with van der Waals surface area (Å²) in [5.41, 5.74) is 2.39. The first-order valence-electron chi connectivity index (χ1n) is 10.3. The quantitative estimate of drug-likeness (QED) is 0.657. The fourth-order valence-corrected chi connectivity index (χ4v) is 3.91. The molecule has 0 atom stereocenters. The Hall–Kier alpha value is -3.33. The molecule has 2 aromatic rings. The van der Waals surface area contributed by atoms with E-state index in [1.54, 1.807) is 42.7 Å². The predicted molar refractivity (Wildman–Crippen MR) is 120 cm³/mol. The van der Waals surface area contributed by atoms with Crippen molar-refractivity contribution in [3.63, 3.8) is 0 Å². The Balaban J connectivity index is 1.58. The number of anilines is 3. The highest BCUT2D eigenvalue weighted by atomic mass is 16.3. The number of nitrogens with zero attached hydrogens (tertiary/aromatic N) is 4. The van der Waals surface area contributed by atoms with Crippen molar-refractivity contribution in [3.8, 4) is 0 Å². The summed E-state index contributed by atoms with van der Waals surface area (Å²) < 4.78 is 1.68. The molecule has 0 radical (unpaired) electrons. The van der Waals surface area contributed by atoms with Crippen molar-refractivity contribution in [2.24, 2.45) is 0 Å². The molecule has 2 aliphatic rings. The second kappa shape index (κ2) is 7.73. The maximum Gasteiger partial charge on any atom is 0.261 e. The van der Waals surface area contributed by atoms with E-state index in [1.165, 1.54) is 0 Å². The summed E-state index contributed by atoms with van der Waals surface area (Å²) in [6, 6.07) is 3.63. The molecule has 0 fully saturated rings. The highest BCUT2D eigenvalue weighted by Gasteiger charge is 2.30. The van der Waals surface area contributed by atoms with Gasteiger partial charge in [0.05, 0.1) is 23.2 Å². The van der Waals surface area contributed by atoms with Gasteiger partial charge in [0.15, 0.2) is 0 Å². The standard InChI is InChI=1S/C22H28N6O3/c1-22(2,31)6-9-27-13-14-10-18(17(23-3)11-15(14)21(27)30)25-19(29)16-12-24-28-8-5-7-26(4)20(16)28/h5,8,10-12,23,31H,6-7,9,13H2,1-4H3,(H,25,29). The first-order chi connectivity index (χ1) is 14.7. The van der Waals surface area contributed by atoms with Crippen LogP contribution in [-0.2, 0) is 6.54 Å². The fourth-order valence-electron chi connectivity index (χ4n) is 3.91. The fraction of sp³-hybridized carbons (Fsp3) is 0.409. The van der Waals surface area contributed by atoms with Gasteiger partial charge in [-0.05, 0) is 44.0 Å². The van der Waals surface area contributed by atoms with Crippen molar-refractivity contribution < 1.29 is 14.7 Å². The van der Waals surface area contributed by atoms with Crippen LogP contribution in [0.25, 0.3) is 6.20 Å². The van der Waals surface area contributed by atoms with Crippen LogP contribution in [0.15, 0.2) is 24.4 Å². The van der Waals surface area contributed by atoms with Gasteiger partial charge in [-0.25, -0.2) is 4.68 Å². The molecule has 164 valence electrons. The lowest BCUT2D eigenvalue weighted by atomic mass is 10.1. The first-order valence-corrected chi connectivity index (χ1v) is 10.3. The van der Waals surface area contributed by atoms with E-state index in [4.69, 9.17) is 0 Å². The Morgan fingerprint density at radius 2 is 2.06 bits per heavy atom. The van der Waals surface area contributed by atoms with Gasteiger partial charge < -0.3 is 25.5 Å². The molecule has 3 heterocycles. The molecule has 4 rings (SSSR count). The average molecular weight is 425 g/mol. The Morgan fingerprint density at radius 1 is 1.29 bits per heavy atom. The maximum absolute atomic E-state index is 13.1. The third kappa shape index (κ3) is 4.00. The number of carbonyl (C=O) groups excluding carboxylic acids is 2. The minimum Gasteiger partial charge on any atom is -0.390 e. The van der Waals surface area contributed by atoms with Gasteiger partial charge in [0.1, 0.15) is 11.4 Å². The van der Waals surface area contributed by atoms with Crippen molar-refractivity contribution in [1.29, 1.82) is 0 Å². The molecule has 2 aliphatic heterocycles. The number of nitrogens with one attached hydrogen (secondary N) is 2. The molecule has 31 heavy (non-hydrogen) atoms. The summed E-state index contributed by atoms with van der Waals surface area (Å²) in [4.78, 5) is 29.5. The number of amides is 2. The van der Waals surface area contributed by atoms with Crippen LogP contribution in [0.1, 0.15) is 46.5 Å². The number of aliphatic hydroxyl groups is 1.